The largest absolute Gasteiger partial charge is 0.312 e. The third-order valence-corrected chi connectivity index (χ3v) is 5.18. The number of nitrogens with zero attached hydrogens (tertiary/aromatic N) is 2. The maximum atomic E-state index is 12.6. The van der Waals surface area contributed by atoms with E-state index < -0.39 is 0 Å². The molecule has 3 rings (SSSR count). The Labute approximate surface area is 148 Å². The molecule has 1 N–H and O–H groups in total. The highest BCUT2D eigenvalue weighted by Crippen LogP contribution is 2.36. The van der Waals surface area contributed by atoms with Crippen LogP contribution in [0.1, 0.15) is 23.5 Å². The quantitative estimate of drug-likeness (QED) is 0.516. The summed E-state index contributed by atoms with van der Waals surface area (Å²) in [5.41, 5.74) is 1.08. The molecule has 0 unspecified atom stereocenters. The average Bonchev–Trinajstić information content (AvgIpc) is 2.56. The summed E-state index contributed by atoms with van der Waals surface area (Å²) >= 11 is 7.34. The van der Waals surface area contributed by atoms with E-state index in [-0.39, 0.29) is 23.8 Å². The highest BCUT2D eigenvalue weighted by molar-refractivity contribution is 7.99. The molecule has 1 aromatic heterocycles. The van der Waals surface area contributed by atoms with Crippen molar-refractivity contribution >= 4 is 35.1 Å². The predicted molar refractivity (Wildman–Crippen MR) is 96.9 cm³/mol. The van der Waals surface area contributed by atoms with E-state index in [9.17, 15) is 9.59 Å². The fraction of sp³-hybridized carbons (Fsp3) is 0.235. The maximum absolute atomic E-state index is 12.6. The SMILES string of the molecule is C=CCSc1nc(=O)c2c(n1C)NC(=O)C[C@@H]2c1ccc(Cl)cc1. The molecule has 1 atom stereocenters. The predicted octanol–water partition coefficient (Wildman–Crippen LogP) is 3.19. The number of fused-ring (bicyclic) bond motifs is 1. The summed E-state index contributed by atoms with van der Waals surface area (Å²) in [6.07, 6.45) is 1.95. The minimum absolute atomic E-state index is 0.122. The van der Waals surface area contributed by atoms with Gasteiger partial charge in [-0.05, 0) is 17.7 Å². The molecular weight excluding hydrogens is 346 g/mol. The molecule has 7 heteroatoms. The van der Waals surface area contributed by atoms with Gasteiger partial charge in [0.05, 0.1) is 5.56 Å². The number of benzene rings is 1. The number of nitrogens with one attached hydrogen (secondary N) is 1. The summed E-state index contributed by atoms with van der Waals surface area (Å²) < 4.78 is 1.75. The van der Waals surface area contributed by atoms with Crippen LogP contribution in [0.15, 0.2) is 46.9 Å². The lowest BCUT2D eigenvalue weighted by Crippen LogP contribution is -2.33. The van der Waals surface area contributed by atoms with Gasteiger partial charge in [-0.2, -0.15) is 4.98 Å². The molecule has 2 aromatic rings. The summed E-state index contributed by atoms with van der Waals surface area (Å²) in [6, 6.07) is 7.20. The zero-order valence-electron chi connectivity index (χ0n) is 13.1. The van der Waals surface area contributed by atoms with Crippen molar-refractivity contribution in [1.29, 1.82) is 0 Å². The highest BCUT2D eigenvalue weighted by atomic mass is 35.5. The Morgan fingerprint density at radius 1 is 1.42 bits per heavy atom. The van der Waals surface area contributed by atoms with Gasteiger partial charge >= 0.3 is 0 Å². The zero-order valence-corrected chi connectivity index (χ0v) is 14.7. The second-order valence-corrected chi connectivity index (χ2v) is 6.90. The minimum Gasteiger partial charge on any atom is -0.312 e. The lowest BCUT2D eigenvalue weighted by molar-refractivity contribution is -0.116. The number of carbonyl (C=O) groups excluding carboxylic acids is 1. The van der Waals surface area contributed by atoms with Crippen molar-refractivity contribution in [3.05, 3.63) is 63.4 Å². The Morgan fingerprint density at radius 2 is 2.12 bits per heavy atom. The van der Waals surface area contributed by atoms with Crippen molar-refractivity contribution in [3.63, 3.8) is 0 Å². The summed E-state index contributed by atoms with van der Waals surface area (Å²) in [6.45, 7) is 3.67. The molecule has 1 aliphatic rings. The third kappa shape index (κ3) is 3.12. The lowest BCUT2D eigenvalue weighted by Gasteiger charge is -2.27. The van der Waals surface area contributed by atoms with Crippen molar-refractivity contribution in [2.75, 3.05) is 11.1 Å². The Hall–Kier alpha value is -2.05. The lowest BCUT2D eigenvalue weighted by atomic mass is 9.87. The molecule has 0 spiro atoms. The van der Waals surface area contributed by atoms with Crippen LogP contribution in [0.25, 0.3) is 0 Å². The highest BCUT2D eigenvalue weighted by Gasteiger charge is 2.31. The molecule has 0 radical (unpaired) electrons. The van der Waals surface area contributed by atoms with Gasteiger partial charge in [0.1, 0.15) is 5.82 Å². The zero-order chi connectivity index (χ0) is 17.3. The molecule has 5 nitrogen and oxygen atoms in total. The number of halogens is 1. The van der Waals surface area contributed by atoms with E-state index in [1.807, 2.05) is 12.1 Å². The fourth-order valence-corrected chi connectivity index (χ4v) is 3.60. The van der Waals surface area contributed by atoms with Gasteiger partial charge < -0.3 is 9.88 Å². The van der Waals surface area contributed by atoms with Crippen molar-refractivity contribution in [2.45, 2.75) is 17.5 Å². The molecule has 0 fully saturated rings. The van der Waals surface area contributed by atoms with Crippen LogP contribution < -0.4 is 10.9 Å². The van der Waals surface area contributed by atoms with Gasteiger partial charge in [0.2, 0.25) is 5.91 Å². The summed E-state index contributed by atoms with van der Waals surface area (Å²) in [4.78, 5) is 29.0. The van der Waals surface area contributed by atoms with Crippen LogP contribution in [0, 0.1) is 0 Å². The molecule has 0 saturated heterocycles. The summed E-state index contributed by atoms with van der Waals surface area (Å²) in [5.74, 6) is 0.699. The van der Waals surface area contributed by atoms with Crippen LogP contribution in [0.3, 0.4) is 0 Å². The van der Waals surface area contributed by atoms with Crippen molar-refractivity contribution < 1.29 is 4.79 Å². The first-order valence-electron chi connectivity index (χ1n) is 7.41. The fourth-order valence-electron chi connectivity index (χ4n) is 2.78. The van der Waals surface area contributed by atoms with Crippen LogP contribution in [-0.2, 0) is 11.8 Å². The molecular formula is C17H16ClN3O2S. The summed E-state index contributed by atoms with van der Waals surface area (Å²) in [5, 5.41) is 3.98. The van der Waals surface area contributed by atoms with E-state index in [1.165, 1.54) is 11.8 Å². The van der Waals surface area contributed by atoms with E-state index in [4.69, 9.17) is 11.6 Å². The van der Waals surface area contributed by atoms with E-state index in [0.717, 1.165) is 5.56 Å². The minimum atomic E-state index is -0.323. The van der Waals surface area contributed by atoms with E-state index in [2.05, 4.69) is 16.9 Å². The molecule has 0 saturated carbocycles. The molecule has 2 heterocycles. The van der Waals surface area contributed by atoms with Crippen LogP contribution in [0.4, 0.5) is 5.82 Å². The molecule has 24 heavy (non-hydrogen) atoms. The standard InChI is InChI=1S/C17H16ClN3O2S/c1-3-8-24-17-20-16(23)14-12(10-4-6-11(18)7-5-10)9-13(22)19-15(14)21(17)2/h3-7,12H,1,8-9H2,2H3,(H,19,22)/t12-/m1/s1. The monoisotopic (exact) mass is 361 g/mol. The Bertz CT molecular complexity index is 861. The van der Waals surface area contributed by atoms with Crippen LogP contribution >= 0.6 is 23.4 Å². The van der Waals surface area contributed by atoms with Crippen molar-refractivity contribution in [2.24, 2.45) is 7.05 Å². The number of amides is 1. The molecule has 124 valence electrons. The number of rotatable bonds is 4. The second kappa shape index (κ2) is 6.83. The number of hydrogen-bond acceptors (Lipinski definition) is 4. The first-order valence-corrected chi connectivity index (χ1v) is 8.77. The Morgan fingerprint density at radius 3 is 2.79 bits per heavy atom. The topological polar surface area (TPSA) is 64.0 Å². The van der Waals surface area contributed by atoms with Gasteiger partial charge in [0.25, 0.3) is 5.56 Å². The number of carbonyl (C=O) groups is 1. The number of anilines is 1. The maximum Gasteiger partial charge on any atom is 0.279 e. The number of thioether (sulfide) groups is 1. The van der Waals surface area contributed by atoms with Gasteiger partial charge in [-0.15, -0.1) is 6.58 Å². The third-order valence-electron chi connectivity index (χ3n) is 3.90. The van der Waals surface area contributed by atoms with Gasteiger partial charge in [0, 0.05) is 30.2 Å². The van der Waals surface area contributed by atoms with Crippen LogP contribution in [0.5, 0.6) is 0 Å². The van der Waals surface area contributed by atoms with Gasteiger partial charge in [-0.3, -0.25) is 9.59 Å². The smallest absolute Gasteiger partial charge is 0.279 e. The van der Waals surface area contributed by atoms with Crippen molar-refractivity contribution in [1.82, 2.24) is 9.55 Å². The summed E-state index contributed by atoms with van der Waals surface area (Å²) in [7, 11) is 1.79. The first kappa shape index (κ1) is 16.8. The Kier molecular flexibility index (Phi) is 4.78. The first-order chi connectivity index (χ1) is 11.5. The van der Waals surface area contributed by atoms with Gasteiger partial charge in [-0.25, -0.2) is 0 Å². The molecule has 0 aliphatic carbocycles. The molecule has 0 bridgehead atoms. The Balaban J connectivity index is 2.14. The number of hydrogen-bond donors (Lipinski definition) is 1. The average molecular weight is 362 g/mol. The molecule has 1 aromatic carbocycles. The number of aromatic nitrogens is 2. The van der Waals surface area contributed by atoms with Gasteiger partial charge in [-0.1, -0.05) is 41.6 Å². The van der Waals surface area contributed by atoms with E-state index >= 15 is 0 Å². The van der Waals surface area contributed by atoms with Crippen LogP contribution in [0.2, 0.25) is 5.02 Å². The normalized spacial score (nSPS) is 16.4. The van der Waals surface area contributed by atoms with Crippen molar-refractivity contribution in [3.8, 4) is 0 Å². The van der Waals surface area contributed by atoms with E-state index in [1.54, 1.807) is 29.8 Å². The molecule has 1 amide bonds. The van der Waals surface area contributed by atoms with E-state index in [0.29, 0.717) is 27.3 Å². The van der Waals surface area contributed by atoms with Crippen LogP contribution in [-0.4, -0.2) is 21.2 Å². The van der Waals surface area contributed by atoms with Gasteiger partial charge in [0.15, 0.2) is 5.16 Å². The second-order valence-electron chi connectivity index (χ2n) is 5.48. The molecule has 1 aliphatic heterocycles.